The molecule has 7 nitrogen and oxygen atoms in total. The van der Waals surface area contributed by atoms with Crippen LogP contribution in [0, 0.1) is 0 Å². The van der Waals surface area contributed by atoms with Crippen LogP contribution in [0.25, 0.3) is 0 Å². The van der Waals surface area contributed by atoms with Gasteiger partial charge in [0.1, 0.15) is 0 Å². The fraction of sp³-hybridized carbons (Fsp3) is 0.700. The van der Waals surface area contributed by atoms with Crippen LogP contribution < -0.4 is 11.1 Å². The summed E-state index contributed by atoms with van der Waals surface area (Å²) < 4.78 is 9.23. The molecule has 1 unspecified atom stereocenters. The van der Waals surface area contributed by atoms with Crippen LogP contribution in [0.15, 0.2) is 0 Å². The minimum atomic E-state index is -1.36. The zero-order valence-electron chi connectivity index (χ0n) is 10.0. The maximum Gasteiger partial charge on any atom is 0.332 e. The summed E-state index contributed by atoms with van der Waals surface area (Å²) in [4.78, 5) is 33.3. The van der Waals surface area contributed by atoms with Crippen LogP contribution in [0.3, 0.4) is 0 Å². The molecule has 0 aliphatic heterocycles. The first-order valence-corrected chi connectivity index (χ1v) is 5.38. The second kappa shape index (κ2) is 8.51. The van der Waals surface area contributed by atoms with Crippen LogP contribution in [0.1, 0.15) is 20.3 Å². The molecule has 3 N–H and O–H groups in total. The molecule has 0 fully saturated rings. The summed E-state index contributed by atoms with van der Waals surface area (Å²) in [6, 6.07) is -1.36. The molecule has 0 spiro atoms. The quantitative estimate of drug-likeness (QED) is 0.438. The van der Waals surface area contributed by atoms with E-state index in [0.29, 0.717) is 0 Å². The summed E-state index contributed by atoms with van der Waals surface area (Å²) >= 11 is 0. The lowest BCUT2D eigenvalue weighted by molar-refractivity contribution is -0.147. The minimum Gasteiger partial charge on any atom is -0.466 e. The topological polar surface area (TPSA) is 108 Å². The Morgan fingerprint density at radius 1 is 1.18 bits per heavy atom. The second-order valence-electron chi connectivity index (χ2n) is 3.08. The van der Waals surface area contributed by atoms with E-state index in [-0.39, 0.29) is 26.2 Å². The number of hydrogen-bond donors (Lipinski definition) is 2. The van der Waals surface area contributed by atoms with E-state index in [1.165, 1.54) is 0 Å². The first kappa shape index (κ1) is 15.4. The van der Waals surface area contributed by atoms with E-state index in [4.69, 9.17) is 5.73 Å². The first-order valence-electron chi connectivity index (χ1n) is 5.38. The summed E-state index contributed by atoms with van der Waals surface area (Å²) in [5.74, 6) is -1.88. The fourth-order valence-electron chi connectivity index (χ4n) is 0.970. The van der Waals surface area contributed by atoms with Crippen LogP contribution in [-0.4, -0.2) is 43.6 Å². The van der Waals surface area contributed by atoms with Crippen LogP contribution in [0.4, 0.5) is 0 Å². The molecule has 1 atom stereocenters. The van der Waals surface area contributed by atoms with Crippen LogP contribution in [0.5, 0.6) is 0 Å². The van der Waals surface area contributed by atoms with Crippen LogP contribution in [0.2, 0.25) is 0 Å². The maximum atomic E-state index is 11.3. The van der Waals surface area contributed by atoms with Gasteiger partial charge in [-0.25, -0.2) is 4.79 Å². The molecule has 0 aliphatic carbocycles. The number of esters is 2. The summed E-state index contributed by atoms with van der Waals surface area (Å²) in [6.45, 7) is 3.82. The average molecular weight is 246 g/mol. The lowest BCUT2D eigenvalue weighted by atomic mass is 10.3. The summed E-state index contributed by atoms with van der Waals surface area (Å²) in [6.07, 6.45) is 0.0368. The van der Waals surface area contributed by atoms with Crippen molar-refractivity contribution in [3.63, 3.8) is 0 Å². The van der Waals surface area contributed by atoms with E-state index in [0.717, 1.165) is 0 Å². The molecule has 0 aromatic heterocycles. The van der Waals surface area contributed by atoms with E-state index in [2.05, 4.69) is 14.8 Å². The average Bonchev–Trinajstić information content (AvgIpc) is 2.28. The van der Waals surface area contributed by atoms with Gasteiger partial charge in [-0.2, -0.15) is 0 Å². The molecular weight excluding hydrogens is 228 g/mol. The Bertz CT molecular complexity index is 280. The highest BCUT2D eigenvalue weighted by atomic mass is 16.5. The van der Waals surface area contributed by atoms with Crippen LogP contribution in [-0.2, 0) is 23.9 Å². The molecule has 0 bridgehead atoms. The van der Waals surface area contributed by atoms with Gasteiger partial charge < -0.3 is 20.5 Å². The maximum absolute atomic E-state index is 11.3. The van der Waals surface area contributed by atoms with Crippen molar-refractivity contribution in [3.05, 3.63) is 0 Å². The highest BCUT2D eigenvalue weighted by Crippen LogP contribution is 1.88. The van der Waals surface area contributed by atoms with E-state index in [9.17, 15) is 14.4 Å². The molecule has 0 heterocycles. The third-order valence-electron chi connectivity index (χ3n) is 1.76. The van der Waals surface area contributed by atoms with Gasteiger partial charge in [0.05, 0.1) is 19.6 Å². The van der Waals surface area contributed by atoms with Gasteiger partial charge in [0, 0.05) is 6.54 Å². The Morgan fingerprint density at radius 2 is 1.76 bits per heavy atom. The lowest BCUT2D eigenvalue weighted by Gasteiger charge is -2.10. The van der Waals surface area contributed by atoms with Crippen molar-refractivity contribution in [1.82, 2.24) is 5.32 Å². The Hall–Kier alpha value is -1.63. The van der Waals surface area contributed by atoms with Crippen molar-refractivity contribution in [1.29, 1.82) is 0 Å². The normalized spacial score (nSPS) is 11.5. The van der Waals surface area contributed by atoms with Gasteiger partial charge >= 0.3 is 11.9 Å². The largest absolute Gasteiger partial charge is 0.466 e. The number of carbonyl (C=O) groups is 3. The molecule has 0 aromatic carbocycles. The van der Waals surface area contributed by atoms with Crippen molar-refractivity contribution < 1.29 is 23.9 Å². The zero-order chi connectivity index (χ0) is 13.3. The molecule has 0 saturated heterocycles. The standard InChI is InChI=1S/C10H18N2O5/c1-3-16-7(13)5-6-12-9(14)8(11)10(15)17-4-2/h8H,3-6,11H2,1-2H3,(H,12,14). The second-order valence-corrected chi connectivity index (χ2v) is 3.08. The van der Waals surface area contributed by atoms with Gasteiger partial charge in [-0.15, -0.1) is 0 Å². The number of rotatable bonds is 7. The van der Waals surface area contributed by atoms with Crippen molar-refractivity contribution in [2.45, 2.75) is 26.3 Å². The molecule has 1 amide bonds. The summed E-state index contributed by atoms with van der Waals surface area (Å²) in [5, 5.41) is 2.35. The molecule has 0 saturated carbocycles. The molecular formula is C10H18N2O5. The minimum absolute atomic E-state index is 0.0368. The van der Waals surface area contributed by atoms with Gasteiger partial charge in [-0.1, -0.05) is 0 Å². The number of nitrogens with two attached hydrogens (primary N) is 1. The highest BCUT2D eigenvalue weighted by Gasteiger charge is 2.22. The van der Waals surface area contributed by atoms with Gasteiger partial charge in [0.25, 0.3) is 0 Å². The number of nitrogens with one attached hydrogen (secondary N) is 1. The lowest BCUT2D eigenvalue weighted by Crippen LogP contribution is -2.47. The highest BCUT2D eigenvalue weighted by molar-refractivity contribution is 6.01. The Morgan fingerprint density at radius 3 is 2.29 bits per heavy atom. The molecule has 0 aliphatic rings. The molecule has 0 radical (unpaired) electrons. The third kappa shape index (κ3) is 6.52. The monoisotopic (exact) mass is 246 g/mol. The fourth-order valence-corrected chi connectivity index (χ4v) is 0.970. The zero-order valence-corrected chi connectivity index (χ0v) is 10.0. The number of ether oxygens (including phenoxy) is 2. The number of amides is 1. The van der Waals surface area contributed by atoms with Crippen molar-refractivity contribution in [2.24, 2.45) is 5.73 Å². The Labute approximate surface area is 99.6 Å². The van der Waals surface area contributed by atoms with E-state index >= 15 is 0 Å². The van der Waals surface area contributed by atoms with Gasteiger partial charge in [0.2, 0.25) is 5.91 Å². The molecule has 98 valence electrons. The number of hydrogen-bond acceptors (Lipinski definition) is 6. The predicted octanol–water partition coefficient (Wildman–Crippen LogP) is -1.05. The summed E-state index contributed by atoms with van der Waals surface area (Å²) in [5.41, 5.74) is 5.32. The third-order valence-corrected chi connectivity index (χ3v) is 1.76. The first-order chi connectivity index (χ1) is 8.02. The predicted molar refractivity (Wildman–Crippen MR) is 58.9 cm³/mol. The Balaban J connectivity index is 3.85. The van der Waals surface area contributed by atoms with E-state index in [1.54, 1.807) is 13.8 Å². The van der Waals surface area contributed by atoms with E-state index in [1.807, 2.05) is 0 Å². The van der Waals surface area contributed by atoms with E-state index < -0.39 is 23.9 Å². The van der Waals surface area contributed by atoms with Gasteiger partial charge in [0.15, 0.2) is 6.04 Å². The molecule has 0 aromatic rings. The van der Waals surface area contributed by atoms with Crippen molar-refractivity contribution in [2.75, 3.05) is 19.8 Å². The summed E-state index contributed by atoms with van der Waals surface area (Å²) in [7, 11) is 0. The van der Waals surface area contributed by atoms with Crippen molar-refractivity contribution in [3.8, 4) is 0 Å². The van der Waals surface area contributed by atoms with Gasteiger partial charge in [-0.3, -0.25) is 9.59 Å². The number of carbonyl (C=O) groups excluding carboxylic acids is 3. The molecule has 17 heavy (non-hydrogen) atoms. The smallest absolute Gasteiger partial charge is 0.332 e. The SMILES string of the molecule is CCOC(=O)CCNC(=O)C(N)C(=O)OCC. The molecule has 0 rings (SSSR count). The van der Waals surface area contributed by atoms with Crippen molar-refractivity contribution >= 4 is 17.8 Å². The van der Waals surface area contributed by atoms with Gasteiger partial charge in [-0.05, 0) is 13.8 Å². The molecule has 7 heteroatoms. The van der Waals surface area contributed by atoms with Crippen LogP contribution >= 0.6 is 0 Å². The Kier molecular flexibility index (Phi) is 7.70.